The zero-order valence-corrected chi connectivity index (χ0v) is 11.2. The summed E-state index contributed by atoms with van der Waals surface area (Å²) in [5, 5.41) is 3.34. The van der Waals surface area contributed by atoms with Crippen LogP contribution in [0.4, 0.5) is 5.69 Å². The fourth-order valence-electron chi connectivity index (χ4n) is 2.48. The molecule has 1 aromatic carbocycles. The molecule has 0 heterocycles. The number of benzene rings is 1. The summed E-state index contributed by atoms with van der Waals surface area (Å²) >= 11 is 0. The molecule has 2 rings (SSSR count). The van der Waals surface area contributed by atoms with Crippen molar-refractivity contribution in [2.45, 2.75) is 32.6 Å². The maximum atomic E-state index is 11.5. The number of hydrogen-bond acceptors (Lipinski definition) is 3. The Morgan fingerprint density at radius 2 is 2.17 bits per heavy atom. The minimum atomic E-state index is -0.133. The summed E-state index contributed by atoms with van der Waals surface area (Å²) in [7, 11) is 1.44. The molecular weight excluding hydrogens is 226 g/mol. The van der Waals surface area contributed by atoms with Crippen LogP contribution in [-0.4, -0.2) is 19.6 Å². The number of esters is 1. The molecule has 0 radical (unpaired) electrons. The first-order valence-corrected chi connectivity index (χ1v) is 6.68. The Hall–Kier alpha value is -1.51. The number of nitrogens with one attached hydrogen (secondary N) is 1. The van der Waals surface area contributed by atoms with Crippen LogP contribution in [-0.2, 0) is 22.4 Å². The molecule has 1 unspecified atom stereocenters. The van der Waals surface area contributed by atoms with Gasteiger partial charge in [0.2, 0.25) is 0 Å². The molecule has 1 aliphatic carbocycles. The van der Waals surface area contributed by atoms with Gasteiger partial charge in [-0.1, -0.05) is 13.0 Å². The molecule has 0 fully saturated rings. The van der Waals surface area contributed by atoms with Crippen LogP contribution in [0.1, 0.15) is 30.9 Å². The summed E-state index contributed by atoms with van der Waals surface area (Å²) in [5.74, 6) is -0.200. The monoisotopic (exact) mass is 247 g/mol. The van der Waals surface area contributed by atoms with Crippen molar-refractivity contribution >= 4 is 11.7 Å². The Morgan fingerprint density at radius 1 is 1.39 bits per heavy atom. The van der Waals surface area contributed by atoms with Gasteiger partial charge in [-0.15, -0.1) is 0 Å². The molecule has 0 bridgehead atoms. The molecule has 18 heavy (non-hydrogen) atoms. The number of rotatable bonds is 5. The lowest BCUT2D eigenvalue weighted by molar-refractivity contribution is -0.145. The van der Waals surface area contributed by atoms with Gasteiger partial charge in [-0.05, 0) is 48.9 Å². The SMILES string of the molecule is CCC(CNc1ccc2c(c1)CCC2)C(=O)OC. The molecule has 0 spiro atoms. The second kappa shape index (κ2) is 5.89. The molecule has 0 saturated heterocycles. The zero-order valence-electron chi connectivity index (χ0n) is 11.2. The Bertz CT molecular complexity index is 429. The van der Waals surface area contributed by atoms with Crippen molar-refractivity contribution in [2.24, 2.45) is 5.92 Å². The maximum absolute atomic E-state index is 11.5. The van der Waals surface area contributed by atoms with E-state index in [9.17, 15) is 4.79 Å². The molecular formula is C15H21NO2. The minimum absolute atomic E-state index is 0.0664. The number of methoxy groups -OCH3 is 1. The molecule has 1 atom stereocenters. The number of hydrogen-bond donors (Lipinski definition) is 1. The van der Waals surface area contributed by atoms with Crippen molar-refractivity contribution in [2.75, 3.05) is 19.0 Å². The highest BCUT2D eigenvalue weighted by molar-refractivity contribution is 5.73. The van der Waals surface area contributed by atoms with Gasteiger partial charge < -0.3 is 10.1 Å². The fourth-order valence-corrected chi connectivity index (χ4v) is 2.48. The van der Waals surface area contributed by atoms with Gasteiger partial charge in [0.05, 0.1) is 13.0 Å². The van der Waals surface area contributed by atoms with Crippen molar-refractivity contribution < 1.29 is 9.53 Å². The van der Waals surface area contributed by atoms with Gasteiger partial charge in [0.1, 0.15) is 0 Å². The maximum Gasteiger partial charge on any atom is 0.310 e. The summed E-state index contributed by atoms with van der Waals surface area (Å²) < 4.78 is 4.79. The normalized spacial score (nSPS) is 15.0. The number of aryl methyl sites for hydroxylation is 2. The van der Waals surface area contributed by atoms with Gasteiger partial charge in [0.25, 0.3) is 0 Å². The lowest BCUT2D eigenvalue weighted by Gasteiger charge is -2.14. The smallest absolute Gasteiger partial charge is 0.310 e. The van der Waals surface area contributed by atoms with Crippen LogP contribution in [0.3, 0.4) is 0 Å². The van der Waals surface area contributed by atoms with Crippen molar-refractivity contribution in [3.05, 3.63) is 29.3 Å². The van der Waals surface area contributed by atoms with Crippen LogP contribution < -0.4 is 5.32 Å². The number of carbonyl (C=O) groups is 1. The minimum Gasteiger partial charge on any atom is -0.469 e. The largest absolute Gasteiger partial charge is 0.469 e. The van der Waals surface area contributed by atoms with E-state index in [1.165, 1.54) is 37.5 Å². The van der Waals surface area contributed by atoms with Crippen molar-refractivity contribution in [1.82, 2.24) is 0 Å². The average Bonchev–Trinajstić information content (AvgIpc) is 2.86. The van der Waals surface area contributed by atoms with Crippen LogP contribution in [0.25, 0.3) is 0 Å². The molecule has 0 amide bonds. The highest BCUT2D eigenvalue weighted by Gasteiger charge is 2.17. The van der Waals surface area contributed by atoms with Crippen LogP contribution in [0.15, 0.2) is 18.2 Å². The predicted molar refractivity (Wildman–Crippen MR) is 72.8 cm³/mol. The molecule has 3 nitrogen and oxygen atoms in total. The summed E-state index contributed by atoms with van der Waals surface area (Å²) in [4.78, 5) is 11.5. The quantitative estimate of drug-likeness (QED) is 0.813. The van der Waals surface area contributed by atoms with E-state index in [1.807, 2.05) is 6.92 Å². The zero-order chi connectivity index (χ0) is 13.0. The van der Waals surface area contributed by atoms with Crippen molar-refractivity contribution in [3.8, 4) is 0 Å². The average molecular weight is 247 g/mol. The standard InChI is InChI=1S/C15H21NO2/c1-3-11(15(17)18-2)10-16-14-8-7-12-5-4-6-13(12)9-14/h7-9,11,16H,3-6,10H2,1-2H3. The number of ether oxygens (including phenoxy) is 1. The van der Waals surface area contributed by atoms with Gasteiger partial charge in [-0.25, -0.2) is 0 Å². The molecule has 0 aromatic heterocycles. The van der Waals surface area contributed by atoms with E-state index < -0.39 is 0 Å². The van der Waals surface area contributed by atoms with Crippen molar-refractivity contribution in [1.29, 1.82) is 0 Å². The van der Waals surface area contributed by atoms with E-state index in [0.717, 1.165) is 12.1 Å². The van der Waals surface area contributed by atoms with Gasteiger partial charge in [-0.3, -0.25) is 4.79 Å². The van der Waals surface area contributed by atoms with Gasteiger partial charge in [0.15, 0.2) is 0 Å². The lowest BCUT2D eigenvalue weighted by Crippen LogP contribution is -2.23. The fraction of sp³-hybridized carbons (Fsp3) is 0.533. The highest BCUT2D eigenvalue weighted by Crippen LogP contribution is 2.25. The van der Waals surface area contributed by atoms with E-state index in [4.69, 9.17) is 4.74 Å². The molecule has 3 heteroatoms. The number of fused-ring (bicyclic) bond motifs is 1. The number of carbonyl (C=O) groups excluding carboxylic acids is 1. The first kappa shape index (κ1) is 12.9. The van der Waals surface area contributed by atoms with Gasteiger partial charge in [-0.2, -0.15) is 0 Å². The van der Waals surface area contributed by atoms with Crippen molar-refractivity contribution in [3.63, 3.8) is 0 Å². The Kier molecular flexibility index (Phi) is 4.24. The highest BCUT2D eigenvalue weighted by atomic mass is 16.5. The molecule has 1 aliphatic rings. The summed E-state index contributed by atoms with van der Waals surface area (Å²) in [5.41, 5.74) is 4.03. The summed E-state index contributed by atoms with van der Waals surface area (Å²) in [6.45, 7) is 2.65. The molecule has 1 N–H and O–H groups in total. The summed E-state index contributed by atoms with van der Waals surface area (Å²) in [6.07, 6.45) is 4.44. The first-order valence-electron chi connectivity index (χ1n) is 6.68. The van der Waals surface area contributed by atoms with E-state index in [1.54, 1.807) is 0 Å². The summed E-state index contributed by atoms with van der Waals surface area (Å²) in [6, 6.07) is 6.52. The second-order valence-corrected chi connectivity index (χ2v) is 4.85. The Balaban J connectivity index is 1.95. The lowest BCUT2D eigenvalue weighted by atomic mass is 10.1. The topological polar surface area (TPSA) is 38.3 Å². The van der Waals surface area contributed by atoms with E-state index in [2.05, 4.69) is 23.5 Å². The molecule has 0 saturated carbocycles. The van der Waals surface area contributed by atoms with Gasteiger partial charge in [0, 0.05) is 12.2 Å². The van der Waals surface area contributed by atoms with E-state index in [0.29, 0.717) is 6.54 Å². The van der Waals surface area contributed by atoms with E-state index in [-0.39, 0.29) is 11.9 Å². The second-order valence-electron chi connectivity index (χ2n) is 4.85. The van der Waals surface area contributed by atoms with Crippen LogP contribution in [0, 0.1) is 5.92 Å². The van der Waals surface area contributed by atoms with E-state index >= 15 is 0 Å². The number of anilines is 1. The third-order valence-electron chi connectivity index (χ3n) is 3.68. The van der Waals surface area contributed by atoms with Crippen LogP contribution in [0.5, 0.6) is 0 Å². The predicted octanol–water partition coefficient (Wildman–Crippen LogP) is 2.79. The van der Waals surface area contributed by atoms with Gasteiger partial charge >= 0.3 is 5.97 Å². The van der Waals surface area contributed by atoms with Crippen LogP contribution in [0.2, 0.25) is 0 Å². The Labute approximate surface area is 109 Å². The van der Waals surface area contributed by atoms with Crippen LogP contribution >= 0.6 is 0 Å². The molecule has 98 valence electrons. The molecule has 1 aromatic rings. The Morgan fingerprint density at radius 3 is 2.89 bits per heavy atom. The molecule has 0 aliphatic heterocycles. The first-order chi connectivity index (χ1) is 8.74. The third kappa shape index (κ3) is 2.84. The third-order valence-corrected chi connectivity index (χ3v) is 3.68.